The number of aliphatic hydroxyl groups is 13. The van der Waals surface area contributed by atoms with E-state index in [9.17, 15) is 66.4 Å². The number of ether oxygens (including phenoxy) is 7. The third kappa shape index (κ3) is 7.29. The predicted octanol–water partition coefficient (Wildman–Crippen LogP) is -9.11. The van der Waals surface area contributed by atoms with Crippen LogP contribution >= 0.6 is 0 Å². The Labute approximate surface area is 243 Å². The van der Waals surface area contributed by atoms with Gasteiger partial charge in [-0.15, -0.1) is 0 Å². The van der Waals surface area contributed by atoms with Crippen LogP contribution in [0.25, 0.3) is 0 Å². The molecule has 20 heteroatoms. The highest BCUT2D eigenvalue weighted by Gasteiger charge is 2.52. The molecule has 0 aliphatic carbocycles. The highest BCUT2D eigenvalue weighted by molar-refractivity contribution is 4.95. The molecule has 4 aliphatic heterocycles. The van der Waals surface area contributed by atoms with E-state index in [1.165, 1.54) is 0 Å². The first-order valence-electron chi connectivity index (χ1n) is 13.5. The van der Waals surface area contributed by atoms with Crippen molar-refractivity contribution in [1.82, 2.24) is 0 Å². The number of hydrogen-bond donors (Lipinski definition) is 13. The van der Waals surface area contributed by atoms with Gasteiger partial charge in [-0.3, -0.25) is 0 Å². The molecule has 4 heterocycles. The second-order valence-electron chi connectivity index (χ2n) is 10.7. The summed E-state index contributed by atoms with van der Waals surface area (Å²) in [6.07, 6.45) is -31.5. The van der Waals surface area contributed by atoms with E-state index < -0.39 is 143 Å². The van der Waals surface area contributed by atoms with Crippen molar-refractivity contribution < 1.29 is 99.5 Å². The predicted molar refractivity (Wildman–Crippen MR) is 128 cm³/mol. The molecule has 13 N–H and O–H groups in total. The smallest absolute Gasteiger partial charge is 0.187 e. The van der Waals surface area contributed by atoms with E-state index in [1.807, 2.05) is 0 Å². The van der Waals surface area contributed by atoms with Crippen LogP contribution in [0.15, 0.2) is 0 Å². The average molecular weight is 637 g/mol. The van der Waals surface area contributed by atoms with Crippen LogP contribution in [0.2, 0.25) is 0 Å². The summed E-state index contributed by atoms with van der Waals surface area (Å²) in [5, 5.41) is 131. The molecule has 4 rings (SSSR count). The lowest BCUT2D eigenvalue weighted by Crippen LogP contribution is -2.63. The van der Waals surface area contributed by atoms with Gasteiger partial charge in [0.2, 0.25) is 0 Å². The normalized spacial score (nSPS) is 52.8. The number of rotatable bonds is 10. The van der Waals surface area contributed by atoms with Gasteiger partial charge in [-0.2, -0.15) is 0 Å². The maximum Gasteiger partial charge on any atom is 0.187 e. The van der Waals surface area contributed by atoms with Gasteiger partial charge < -0.3 is 99.5 Å². The van der Waals surface area contributed by atoms with Crippen molar-refractivity contribution in [1.29, 1.82) is 0 Å². The van der Waals surface area contributed by atoms with E-state index in [0.717, 1.165) is 0 Å². The van der Waals surface area contributed by atoms with E-state index >= 15 is 0 Å². The maximum atomic E-state index is 10.8. The third-order valence-corrected chi connectivity index (χ3v) is 7.82. The summed E-state index contributed by atoms with van der Waals surface area (Å²) in [6.45, 7) is -2.69. The summed E-state index contributed by atoms with van der Waals surface area (Å²) in [5.74, 6) is 0. The summed E-state index contributed by atoms with van der Waals surface area (Å²) in [6, 6.07) is 0. The SMILES string of the molecule is OC[C@@H]1O[C@@H](O[C@H]2[C@@H](O)[C@@H](CO[C@@H]3O[C@H](CO[C@@H]4O[C@H](CO)[C@H](O)[C@H](O)[C@H]4O)[C@H](O)[C@H](O)[C@H]3O)OC(O)[C@@H]2O)[C@H](O)[C@H]1O. The lowest BCUT2D eigenvalue weighted by Gasteiger charge is -2.44. The van der Waals surface area contributed by atoms with Gasteiger partial charge in [-0.1, -0.05) is 0 Å². The van der Waals surface area contributed by atoms with Crippen LogP contribution in [-0.2, 0) is 33.2 Å². The molecule has 252 valence electrons. The van der Waals surface area contributed by atoms with Crippen LogP contribution in [0.5, 0.6) is 0 Å². The zero-order chi connectivity index (χ0) is 31.7. The Bertz CT molecular complexity index is 869. The third-order valence-electron chi connectivity index (χ3n) is 7.82. The summed E-state index contributed by atoms with van der Waals surface area (Å²) in [5.41, 5.74) is 0. The topological polar surface area (TPSA) is 328 Å². The first kappa shape index (κ1) is 35.1. The zero-order valence-corrected chi connectivity index (χ0v) is 22.5. The van der Waals surface area contributed by atoms with Crippen LogP contribution in [0.1, 0.15) is 0 Å². The molecule has 0 saturated carbocycles. The van der Waals surface area contributed by atoms with Gasteiger partial charge in [0.25, 0.3) is 0 Å². The molecule has 4 aliphatic rings. The fraction of sp³-hybridized carbons (Fsp3) is 1.00. The lowest BCUT2D eigenvalue weighted by atomic mass is 9.98. The summed E-state index contributed by atoms with van der Waals surface area (Å²) in [7, 11) is 0. The summed E-state index contributed by atoms with van der Waals surface area (Å²) >= 11 is 0. The Morgan fingerprint density at radius 2 is 0.791 bits per heavy atom. The Morgan fingerprint density at radius 3 is 1.30 bits per heavy atom. The highest BCUT2D eigenvalue weighted by atomic mass is 16.7. The van der Waals surface area contributed by atoms with E-state index in [1.54, 1.807) is 0 Å². The van der Waals surface area contributed by atoms with E-state index in [2.05, 4.69) is 0 Å². The summed E-state index contributed by atoms with van der Waals surface area (Å²) in [4.78, 5) is 0. The van der Waals surface area contributed by atoms with Crippen molar-refractivity contribution in [3.63, 3.8) is 0 Å². The van der Waals surface area contributed by atoms with E-state index in [0.29, 0.717) is 0 Å². The fourth-order valence-corrected chi connectivity index (χ4v) is 5.12. The van der Waals surface area contributed by atoms with Crippen LogP contribution in [-0.4, -0.2) is 210 Å². The van der Waals surface area contributed by atoms with E-state index in [4.69, 9.17) is 33.2 Å². The molecule has 0 aromatic carbocycles. The van der Waals surface area contributed by atoms with Crippen molar-refractivity contribution in [3.05, 3.63) is 0 Å². The molecule has 0 spiro atoms. The monoisotopic (exact) mass is 636 g/mol. The van der Waals surface area contributed by atoms with Gasteiger partial charge in [0, 0.05) is 0 Å². The summed E-state index contributed by atoms with van der Waals surface area (Å²) < 4.78 is 37.2. The van der Waals surface area contributed by atoms with Crippen molar-refractivity contribution in [2.24, 2.45) is 0 Å². The van der Waals surface area contributed by atoms with Gasteiger partial charge >= 0.3 is 0 Å². The van der Waals surface area contributed by atoms with Gasteiger partial charge in [0.05, 0.1) is 26.4 Å². The molecule has 0 radical (unpaired) electrons. The van der Waals surface area contributed by atoms with Crippen molar-refractivity contribution in [2.45, 2.75) is 117 Å². The number of aliphatic hydroxyl groups excluding tert-OH is 13. The zero-order valence-electron chi connectivity index (χ0n) is 22.5. The van der Waals surface area contributed by atoms with Crippen molar-refractivity contribution in [3.8, 4) is 0 Å². The first-order valence-corrected chi connectivity index (χ1v) is 13.5. The lowest BCUT2D eigenvalue weighted by molar-refractivity contribution is -0.346. The van der Waals surface area contributed by atoms with Crippen molar-refractivity contribution in [2.75, 3.05) is 26.4 Å². The molecule has 20 nitrogen and oxygen atoms in total. The second-order valence-corrected chi connectivity index (χ2v) is 10.7. The van der Waals surface area contributed by atoms with Crippen LogP contribution in [0.3, 0.4) is 0 Å². The molecule has 19 atom stereocenters. The molecule has 1 unspecified atom stereocenters. The van der Waals surface area contributed by atoms with Gasteiger partial charge in [-0.25, -0.2) is 0 Å². The average Bonchev–Trinajstić information content (AvgIpc) is 3.26. The molecular formula is C23H40O20. The maximum absolute atomic E-state index is 10.8. The largest absolute Gasteiger partial charge is 0.394 e. The van der Waals surface area contributed by atoms with Gasteiger partial charge in [0.1, 0.15) is 91.6 Å². The second kappa shape index (κ2) is 14.7. The van der Waals surface area contributed by atoms with E-state index in [-0.39, 0.29) is 0 Å². The minimum absolute atomic E-state index is 0.624. The standard InChI is InChI=1S/C23H40O20/c24-1-5-9(26)13(30)16(33)21(40-5)37-3-7-11(28)14(31)17(34)22(42-7)38-4-8-12(29)19(18(35)20(36)39-8)43-23-15(32)10(27)6(2-25)41-23/h5-36H,1-4H2/t5-,6+,7-,8-,9+,10+,11+,12+,13+,14+,15-,16-,17-,18-,19+,20?,21-,22-,23+/m1/s1. The minimum Gasteiger partial charge on any atom is -0.394 e. The Balaban J connectivity index is 1.35. The van der Waals surface area contributed by atoms with Crippen LogP contribution < -0.4 is 0 Å². The van der Waals surface area contributed by atoms with Gasteiger partial charge in [0.15, 0.2) is 25.2 Å². The van der Waals surface area contributed by atoms with Crippen LogP contribution in [0, 0.1) is 0 Å². The number of hydrogen-bond acceptors (Lipinski definition) is 20. The molecule has 0 amide bonds. The fourth-order valence-electron chi connectivity index (χ4n) is 5.12. The Kier molecular flexibility index (Phi) is 12.0. The molecule has 0 aromatic heterocycles. The minimum atomic E-state index is -1.96. The highest BCUT2D eigenvalue weighted by Crippen LogP contribution is 2.30. The molecule has 0 aromatic rings. The Hall–Kier alpha value is -0.800. The van der Waals surface area contributed by atoms with Crippen molar-refractivity contribution >= 4 is 0 Å². The Morgan fingerprint density at radius 1 is 0.395 bits per heavy atom. The molecule has 0 bridgehead atoms. The van der Waals surface area contributed by atoms with Crippen LogP contribution in [0.4, 0.5) is 0 Å². The first-order chi connectivity index (χ1) is 20.3. The molecule has 43 heavy (non-hydrogen) atoms. The van der Waals surface area contributed by atoms with Gasteiger partial charge in [-0.05, 0) is 0 Å². The quantitative estimate of drug-likeness (QED) is 0.106. The molecular weight excluding hydrogens is 596 g/mol. The molecule has 4 saturated heterocycles. The molecule has 4 fully saturated rings.